The number of hydrogen-bond acceptors (Lipinski definition) is 0. The van der Waals surface area contributed by atoms with Gasteiger partial charge >= 0.3 is 19.5 Å². The second-order valence-electron chi connectivity index (χ2n) is 7.04. The Hall–Kier alpha value is -1.85. The smallest absolute Gasteiger partial charge is 1.00 e. The van der Waals surface area contributed by atoms with E-state index in [-0.39, 0.29) is 44.3 Å². The second-order valence-corrected chi connectivity index (χ2v) is 9.26. The van der Waals surface area contributed by atoms with Crippen LogP contribution in [-0.2, 0) is 19.5 Å². The van der Waals surface area contributed by atoms with Crippen LogP contribution in [0.3, 0.4) is 0 Å². The maximum atomic E-state index is 3.02. The quantitative estimate of drug-likeness (QED) is 0.198. The second kappa shape index (κ2) is 15.9. The third-order valence-electron chi connectivity index (χ3n) is 4.39. The maximum absolute atomic E-state index is 3.02. The van der Waals surface area contributed by atoms with Gasteiger partial charge in [-0.05, 0) is 36.7 Å². The Morgan fingerprint density at radius 2 is 1.00 bits per heavy atom. The average Bonchev–Trinajstić information content (AvgIpc) is 2.77. The summed E-state index contributed by atoms with van der Waals surface area (Å²) in [4.78, 5) is 0. The van der Waals surface area contributed by atoms with Crippen LogP contribution in [0.5, 0.6) is 0 Å². The standard InChI is InChI=1S/C18H15P.C10H10.2ClH.Ru/c1-4-10-16(11-5-1)19(17-12-6-2-7-13-17)18-14-8-3-9-15-18;1-8(2)10-6-4-9(3)5-7-10;;;/h1-15H;8H,1-3H3;2*1H;/q;;;;+1/p-1. The number of halogens is 2. The molecule has 3 aromatic carbocycles. The molecule has 3 aromatic rings. The van der Waals surface area contributed by atoms with Gasteiger partial charge in [-0.15, -0.1) is 12.4 Å². The van der Waals surface area contributed by atoms with Crippen LogP contribution in [0.15, 0.2) is 114 Å². The summed E-state index contributed by atoms with van der Waals surface area (Å²) in [7, 11) is -0.446. The van der Waals surface area contributed by atoms with Gasteiger partial charge in [-0.25, -0.2) is 0 Å². The molecule has 0 atom stereocenters. The molecule has 4 heteroatoms. The van der Waals surface area contributed by atoms with Crippen molar-refractivity contribution in [1.82, 2.24) is 0 Å². The Balaban J connectivity index is 0.000000642. The maximum Gasteiger partial charge on any atom is 1.00 e. The van der Waals surface area contributed by atoms with Crippen LogP contribution in [0.25, 0.3) is 0 Å². The SMILES string of the molecule is CC1=C=C=C(C(C)C)C#C1.Cl.[Cl-].[Ru+].c1ccc(P(c2ccccc2)c2ccccc2)cc1. The first-order chi connectivity index (χ1) is 14.1. The summed E-state index contributed by atoms with van der Waals surface area (Å²) in [5.41, 5.74) is 8.03. The normalized spacial score (nSPS) is 10.7. The first kappa shape index (κ1) is 30.2. The van der Waals surface area contributed by atoms with Crippen LogP contribution in [-0.4, -0.2) is 0 Å². The molecular weight excluding hydrogens is 539 g/mol. The molecule has 0 aliphatic heterocycles. The summed E-state index contributed by atoms with van der Waals surface area (Å²) in [6.45, 7) is 6.16. The van der Waals surface area contributed by atoms with Crippen molar-refractivity contribution in [1.29, 1.82) is 0 Å². The minimum Gasteiger partial charge on any atom is -1.00 e. The van der Waals surface area contributed by atoms with Crippen LogP contribution in [0.1, 0.15) is 20.8 Å². The largest absolute Gasteiger partial charge is 1.00 e. The van der Waals surface area contributed by atoms with E-state index >= 15 is 0 Å². The van der Waals surface area contributed by atoms with Crippen molar-refractivity contribution in [2.75, 3.05) is 0 Å². The Labute approximate surface area is 219 Å². The molecule has 32 heavy (non-hydrogen) atoms. The molecule has 0 bridgehead atoms. The van der Waals surface area contributed by atoms with Gasteiger partial charge in [-0.3, -0.25) is 0 Å². The van der Waals surface area contributed by atoms with Gasteiger partial charge in [-0.2, -0.15) is 0 Å². The number of rotatable bonds is 4. The van der Waals surface area contributed by atoms with Gasteiger partial charge < -0.3 is 12.4 Å². The monoisotopic (exact) mass is 565 g/mol. The summed E-state index contributed by atoms with van der Waals surface area (Å²) < 4.78 is 0. The minimum absolute atomic E-state index is 0. The van der Waals surface area contributed by atoms with E-state index < -0.39 is 7.92 Å². The van der Waals surface area contributed by atoms with E-state index in [4.69, 9.17) is 0 Å². The van der Waals surface area contributed by atoms with Gasteiger partial charge in [0.1, 0.15) is 0 Å². The molecule has 4 rings (SSSR count). The molecule has 1 aliphatic rings. The molecule has 0 amide bonds. The molecule has 165 valence electrons. The van der Waals surface area contributed by atoms with Crippen LogP contribution < -0.4 is 28.3 Å². The fourth-order valence-electron chi connectivity index (χ4n) is 2.85. The van der Waals surface area contributed by atoms with Crippen molar-refractivity contribution in [3.05, 3.63) is 114 Å². The Morgan fingerprint density at radius 3 is 1.28 bits per heavy atom. The van der Waals surface area contributed by atoms with Crippen LogP contribution >= 0.6 is 20.3 Å². The van der Waals surface area contributed by atoms with Gasteiger partial charge in [-0.1, -0.05) is 128 Å². The van der Waals surface area contributed by atoms with E-state index in [1.165, 1.54) is 15.9 Å². The predicted molar refractivity (Wildman–Crippen MR) is 135 cm³/mol. The molecule has 0 spiro atoms. The van der Waals surface area contributed by atoms with Gasteiger partial charge in [0.2, 0.25) is 0 Å². The molecule has 0 saturated carbocycles. The summed E-state index contributed by atoms with van der Waals surface area (Å²) in [5.74, 6) is 6.47. The fraction of sp³-hybridized carbons (Fsp3) is 0.143. The van der Waals surface area contributed by atoms with E-state index in [0.717, 1.165) is 11.1 Å². The van der Waals surface area contributed by atoms with Crippen molar-refractivity contribution >= 4 is 36.2 Å². The zero-order valence-electron chi connectivity index (χ0n) is 18.3. The topological polar surface area (TPSA) is 0 Å². The molecular formula is C28H26Cl2PRu. The van der Waals surface area contributed by atoms with Crippen LogP contribution in [0.2, 0.25) is 0 Å². The van der Waals surface area contributed by atoms with E-state index in [1.807, 2.05) is 6.92 Å². The van der Waals surface area contributed by atoms with Gasteiger partial charge in [0, 0.05) is 5.57 Å². The van der Waals surface area contributed by atoms with Gasteiger partial charge in [0.05, 0.1) is 5.57 Å². The van der Waals surface area contributed by atoms with Crippen molar-refractivity contribution in [2.24, 2.45) is 5.92 Å². The Morgan fingerprint density at radius 1 is 0.625 bits per heavy atom. The summed E-state index contributed by atoms with van der Waals surface area (Å²) in [6.07, 6.45) is 0. The third kappa shape index (κ3) is 8.95. The minimum atomic E-state index is -0.446. The number of benzene rings is 3. The van der Waals surface area contributed by atoms with Crippen LogP contribution in [0, 0.1) is 17.8 Å². The molecule has 0 unspecified atom stereocenters. The first-order valence-corrected chi connectivity index (χ1v) is 11.2. The molecule has 0 nitrogen and oxygen atoms in total. The fourth-order valence-corrected chi connectivity index (χ4v) is 5.16. The number of allylic oxidation sites excluding steroid dienone is 2. The predicted octanol–water partition coefficient (Wildman–Crippen LogP) is 3.15. The Bertz CT molecular complexity index is 1010. The zero-order valence-corrected chi connectivity index (χ0v) is 22.5. The van der Waals surface area contributed by atoms with Crippen molar-refractivity contribution < 1.29 is 31.9 Å². The van der Waals surface area contributed by atoms with E-state index in [1.54, 1.807) is 0 Å². The third-order valence-corrected chi connectivity index (χ3v) is 6.83. The van der Waals surface area contributed by atoms with E-state index in [0.29, 0.717) is 5.92 Å². The van der Waals surface area contributed by atoms with Gasteiger partial charge in [0.25, 0.3) is 0 Å². The molecule has 0 saturated heterocycles. The molecule has 0 aromatic heterocycles. The van der Waals surface area contributed by atoms with Crippen molar-refractivity contribution in [3.63, 3.8) is 0 Å². The number of hydrogen-bond donors (Lipinski definition) is 0. The first-order valence-electron chi connectivity index (χ1n) is 9.85. The zero-order chi connectivity index (χ0) is 20.5. The van der Waals surface area contributed by atoms with Crippen molar-refractivity contribution in [3.8, 4) is 11.8 Å². The molecule has 0 N–H and O–H groups in total. The molecule has 0 heterocycles. The average molecular weight is 565 g/mol. The molecule has 0 fully saturated rings. The van der Waals surface area contributed by atoms with Crippen molar-refractivity contribution in [2.45, 2.75) is 20.8 Å². The van der Waals surface area contributed by atoms with Crippen LogP contribution in [0.4, 0.5) is 0 Å². The molecule has 1 radical (unpaired) electrons. The van der Waals surface area contributed by atoms with Gasteiger partial charge in [0.15, 0.2) is 0 Å². The van der Waals surface area contributed by atoms with E-state index in [2.05, 4.69) is 128 Å². The summed E-state index contributed by atoms with van der Waals surface area (Å²) in [6, 6.07) is 32.3. The Kier molecular flexibility index (Phi) is 15.0. The molecule has 1 aliphatic carbocycles. The van der Waals surface area contributed by atoms with E-state index in [9.17, 15) is 0 Å². The summed E-state index contributed by atoms with van der Waals surface area (Å²) >= 11 is 0. The summed E-state index contributed by atoms with van der Waals surface area (Å²) in [5, 5.41) is 4.19.